The standard InChI is InChI=1S/C20H22N2O4S/c1-14-4-6-15(7-5-14)12-21-18(23)16-8-10-17(11-9-16)22-19(24)20(2,3)13-27(22,25)26/h4-11H,12-13H2,1-3H3,(H,21,23). The molecule has 3 rings (SSSR count). The minimum atomic E-state index is -3.70. The summed E-state index contributed by atoms with van der Waals surface area (Å²) in [5, 5.41) is 2.82. The Morgan fingerprint density at radius 2 is 1.67 bits per heavy atom. The van der Waals surface area contributed by atoms with Crippen molar-refractivity contribution in [3.63, 3.8) is 0 Å². The number of aryl methyl sites for hydroxylation is 1. The summed E-state index contributed by atoms with van der Waals surface area (Å²) in [6.45, 7) is 5.62. The van der Waals surface area contributed by atoms with Crippen LogP contribution in [0.25, 0.3) is 0 Å². The van der Waals surface area contributed by atoms with Crippen LogP contribution >= 0.6 is 0 Å². The Balaban J connectivity index is 1.72. The lowest BCUT2D eigenvalue weighted by molar-refractivity contribution is -0.123. The Kier molecular flexibility index (Phi) is 4.82. The lowest BCUT2D eigenvalue weighted by Gasteiger charge is -2.17. The van der Waals surface area contributed by atoms with Crippen LogP contribution in [-0.4, -0.2) is 26.0 Å². The van der Waals surface area contributed by atoms with Gasteiger partial charge in [-0.1, -0.05) is 29.8 Å². The predicted octanol–water partition coefficient (Wildman–Crippen LogP) is 2.63. The van der Waals surface area contributed by atoms with Crippen LogP contribution in [0.5, 0.6) is 0 Å². The van der Waals surface area contributed by atoms with Gasteiger partial charge < -0.3 is 5.32 Å². The summed E-state index contributed by atoms with van der Waals surface area (Å²) in [6, 6.07) is 13.9. The van der Waals surface area contributed by atoms with E-state index in [4.69, 9.17) is 0 Å². The minimum absolute atomic E-state index is 0.225. The molecule has 1 heterocycles. The molecule has 1 fully saturated rings. The van der Waals surface area contributed by atoms with Crippen molar-refractivity contribution >= 4 is 27.5 Å². The summed E-state index contributed by atoms with van der Waals surface area (Å²) in [5.41, 5.74) is 1.83. The molecule has 0 saturated carbocycles. The first-order chi connectivity index (χ1) is 12.6. The Hall–Kier alpha value is -2.67. The first-order valence-corrected chi connectivity index (χ1v) is 10.2. The molecule has 1 N–H and O–H groups in total. The number of anilines is 1. The third-order valence-corrected chi connectivity index (χ3v) is 6.54. The Morgan fingerprint density at radius 3 is 2.19 bits per heavy atom. The van der Waals surface area contributed by atoms with Crippen LogP contribution in [0.4, 0.5) is 5.69 Å². The largest absolute Gasteiger partial charge is 0.348 e. The second kappa shape index (κ2) is 6.81. The maximum Gasteiger partial charge on any atom is 0.251 e. The zero-order valence-corrected chi connectivity index (χ0v) is 16.3. The molecular weight excluding hydrogens is 364 g/mol. The fourth-order valence-corrected chi connectivity index (χ4v) is 5.11. The van der Waals surface area contributed by atoms with Crippen molar-refractivity contribution in [2.45, 2.75) is 27.3 Å². The molecule has 0 unspecified atom stereocenters. The van der Waals surface area contributed by atoms with E-state index >= 15 is 0 Å². The highest BCUT2D eigenvalue weighted by Crippen LogP contribution is 2.35. The van der Waals surface area contributed by atoms with Crippen molar-refractivity contribution in [3.05, 3.63) is 65.2 Å². The molecule has 1 aliphatic rings. The van der Waals surface area contributed by atoms with Crippen molar-refractivity contribution in [3.8, 4) is 0 Å². The number of amides is 2. The second-order valence-corrected chi connectivity index (χ2v) is 9.24. The summed E-state index contributed by atoms with van der Waals surface area (Å²) >= 11 is 0. The molecule has 0 aromatic heterocycles. The number of hydrogen-bond acceptors (Lipinski definition) is 4. The van der Waals surface area contributed by atoms with E-state index in [1.165, 1.54) is 24.3 Å². The molecule has 0 bridgehead atoms. The average Bonchev–Trinajstić information content (AvgIpc) is 2.77. The normalized spacial score (nSPS) is 17.7. The summed E-state index contributed by atoms with van der Waals surface area (Å²) in [6.07, 6.45) is 0. The number of hydrogen-bond donors (Lipinski definition) is 1. The highest BCUT2D eigenvalue weighted by atomic mass is 32.2. The molecular formula is C20H22N2O4S. The zero-order valence-electron chi connectivity index (χ0n) is 15.5. The van der Waals surface area contributed by atoms with E-state index in [1.807, 2.05) is 31.2 Å². The monoisotopic (exact) mass is 386 g/mol. The molecule has 7 heteroatoms. The number of benzene rings is 2. The molecule has 6 nitrogen and oxygen atoms in total. The van der Waals surface area contributed by atoms with Gasteiger partial charge in [-0.25, -0.2) is 12.7 Å². The topological polar surface area (TPSA) is 83.6 Å². The Bertz CT molecular complexity index is 978. The van der Waals surface area contributed by atoms with Crippen LogP contribution < -0.4 is 9.62 Å². The van der Waals surface area contributed by atoms with Crippen LogP contribution in [0.3, 0.4) is 0 Å². The molecule has 27 heavy (non-hydrogen) atoms. The minimum Gasteiger partial charge on any atom is -0.348 e. The third kappa shape index (κ3) is 3.88. The first kappa shape index (κ1) is 19.1. The van der Waals surface area contributed by atoms with E-state index in [0.717, 1.165) is 15.4 Å². The third-order valence-electron chi connectivity index (χ3n) is 4.52. The van der Waals surface area contributed by atoms with Crippen LogP contribution in [0.15, 0.2) is 48.5 Å². The molecule has 1 aliphatic heterocycles. The predicted molar refractivity (Wildman–Crippen MR) is 104 cm³/mol. The number of rotatable bonds is 4. The van der Waals surface area contributed by atoms with Crippen LogP contribution in [-0.2, 0) is 21.4 Å². The van der Waals surface area contributed by atoms with Gasteiger partial charge in [-0.3, -0.25) is 9.59 Å². The fraction of sp³-hybridized carbons (Fsp3) is 0.300. The average molecular weight is 386 g/mol. The van der Waals surface area contributed by atoms with Gasteiger partial charge in [0.15, 0.2) is 0 Å². The summed E-state index contributed by atoms with van der Waals surface area (Å²) in [4.78, 5) is 24.7. The second-order valence-electron chi connectivity index (χ2n) is 7.42. The maximum absolute atomic E-state index is 12.4. The van der Waals surface area contributed by atoms with Gasteiger partial charge >= 0.3 is 0 Å². The van der Waals surface area contributed by atoms with Gasteiger partial charge in [0.05, 0.1) is 16.9 Å². The van der Waals surface area contributed by atoms with Gasteiger partial charge in [0.2, 0.25) is 15.9 Å². The lowest BCUT2D eigenvalue weighted by atomic mass is 9.95. The zero-order chi connectivity index (χ0) is 19.8. The molecule has 0 spiro atoms. The SMILES string of the molecule is Cc1ccc(CNC(=O)c2ccc(N3C(=O)C(C)(C)CS3(=O)=O)cc2)cc1. The van der Waals surface area contributed by atoms with Gasteiger partial charge in [0.1, 0.15) is 0 Å². The first-order valence-electron chi connectivity index (χ1n) is 8.61. The number of carbonyl (C=O) groups excluding carboxylic acids is 2. The van der Waals surface area contributed by atoms with Crippen molar-refractivity contribution in [1.82, 2.24) is 5.32 Å². The maximum atomic E-state index is 12.4. The van der Waals surface area contributed by atoms with Crippen molar-refractivity contribution in [2.24, 2.45) is 5.41 Å². The van der Waals surface area contributed by atoms with E-state index in [1.54, 1.807) is 13.8 Å². The van der Waals surface area contributed by atoms with Crippen LogP contribution in [0.2, 0.25) is 0 Å². The molecule has 0 radical (unpaired) electrons. The molecule has 2 aromatic carbocycles. The van der Waals surface area contributed by atoms with E-state index in [9.17, 15) is 18.0 Å². The van der Waals surface area contributed by atoms with Gasteiger partial charge in [0.25, 0.3) is 5.91 Å². The Morgan fingerprint density at radius 1 is 1.07 bits per heavy atom. The quantitative estimate of drug-likeness (QED) is 0.876. The number of carbonyl (C=O) groups is 2. The summed E-state index contributed by atoms with van der Waals surface area (Å²) in [7, 11) is -3.70. The van der Waals surface area contributed by atoms with Gasteiger partial charge in [-0.2, -0.15) is 0 Å². The van der Waals surface area contributed by atoms with Crippen LogP contribution in [0.1, 0.15) is 35.3 Å². The van der Waals surface area contributed by atoms with E-state index in [0.29, 0.717) is 12.1 Å². The van der Waals surface area contributed by atoms with E-state index < -0.39 is 21.3 Å². The van der Waals surface area contributed by atoms with Gasteiger partial charge in [-0.05, 0) is 50.6 Å². The fourth-order valence-electron chi connectivity index (χ4n) is 3.00. The molecule has 0 aliphatic carbocycles. The van der Waals surface area contributed by atoms with Crippen molar-refractivity contribution in [1.29, 1.82) is 0 Å². The summed E-state index contributed by atoms with van der Waals surface area (Å²) in [5.74, 6) is -0.949. The molecule has 1 saturated heterocycles. The number of nitrogens with zero attached hydrogens (tertiary/aromatic N) is 1. The van der Waals surface area contributed by atoms with Crippen molar-refractivity contribution in [2.75, 3.05) is 10.1 Å². The molecule has 0 atom stereocenters. The number of nitrogens with one attached hydrogen (secondary N) is 1. The van der Waals surface area contributed by atoms with E-state index in [2.05, 4.69) is 5.32 Å². The Labute approximate surface area is 159 Å². The molecule has 2 aromatic rings. The smallest absolute Gasteiger partial charge is 0.251 e. The molecule has 142 valence electrons. The lowest BCUT2D eigenvalue weighted by Crippen LogP contribution is -2.33. The van der Waals surface area contributed by atoms with Crippen LogP contribution in [0, 0.1) is 12.3 Å². The molecule has 2 amide bonds. The summed E-state index contributed by atoms with van der Waals surface area (Å²) < 4.78 is 25.5. The van der Waals surface area contributed by atoms with Gasteiger partial charge in [0, 0.05) is 12.1 Å². The van der Waals surface area contributed by atoms with Crippen molar-refractivity contribution < 1.29 is 18.0 Å². The van der Waals surface area contributed by atoms with Gasteiger partial charge in [-0.15, -0.1) is 0 Å². The number of sulfonamides is 1. The highest BCUT2D eigenvalue weighted by molar-refractivity contribution is 7.94. The highest BCUT2D eigenvalue weighted by Gasteiger charge is 2.49. The van der Waals surface area contributed by atoms with E-state index in [-0.39, 0.29) is 17.3 Å².